The number of oxime groups is 1. The van der Waals surface area contributed by atoms with E-state index in [2.05, 4.69) is 5.16 Å². The number of rotatable bonds is 2. The lowest BCUT2D eigenvalue weighted by Gasteiger charge is -2.11. The van der Waals surface area contributed by atoms with E-state index in [4.69, 9.17) is 4.84 Å². The van der Waals surface area contributed by atoms with Gasteiger partial charge in [0.2, 0.25) is 0 Å². The van der Waals surface area contributed by atoms with Crippen molar-refractivity contribution in [3.05, 3.63) is 35.9 Å². The number of aldehydes is 1. The van der Waals surface area contributed by atoms with Gasteiger partial charge in [-0.2, -0.15) is 0 Å². The van der Waals surface area contributed by atoms with Crippen molar-refractivity contribution in [2.45, 2.75) is 18.9 Å². The van der Waals surface area contributed by atoms with Crippen molar-refractivity contribution in [1.82, 2.24) is 0 Å². The number of benzene rings is 1. The molecule has 0 unspecified atom stereocenters. The lowest BCUT2D eigenvalue weighted by Crippen LogP contribution is -2.26. The molecule has 0 saturated heterocycles. The molecule has 1 aromatic carbocycles. The molecule has 14 heavy (non-hydrogen) atoms. The molecular formula is C11H11NO2. The van der Waals surface area contributed by atoms with Crippen LogP contribution in [0, 0.1) is 0 Å². The van der Waals surface area contributed by atoms with Crippen LogP contribution in [0.15, 0.2) is 35.5 Å². The van der Waals surface area contributed by atoms with E-state index in [1.54, 1.807) is 6.92 Å². The van der Waals surface area contributed by atoms with Gasteiger partial charge in [-0.25, -0.2) is 0 Å². The van der Waals surface area contributed by atoms with E-state index in [1.807, 2.05) is 30.3 Å². The maximum absolute atomic E-state index is 10.7. The normalized spacial score (nSPS) is 25.4. The standard InChI is InChI=1S/C11H11NO2/c1-11(8-13)7-10(12-14-11)9-5-3-2-4-6-9/h2-6,8H,7H2,1H3/t11-/m0/s1. The van der Waals surface area contributed by atoms with E-state index in [1.165, 1.54) is 0 Å². The zero-order valence-corrected chi connectivity index (χ0v) is 7.93. The Morgan fingerprint density at radius 3 is 2.71 bits per heavy atom. The molecule has 0 amide bonds. The zero-order chi connectivity index (χ0) is 10.0. The summed E-state index contributed by atoms with van der Waals surface area (Å²) in [5.74, 6) is 0. The maximum atomic E-state index is 10.7. The van der Waals surface area contributed by atoms with Crippen molar-refractivity contribution in [2.24, 2.45) is 5.16 Å². The minimum atomic E-state index is -0.773. The predicted octanol–water partition coefficient (Wildman–Crippen LogP) is 1.77. The molecule has 0 N–H and O–H groups in total. The van der Waals surface area contributed by atoms with Gasteiger partial charge in [-0.3, -0.25) is 4.79 Å². The highest BCUT2D eigenvalue weighted by Crippen LogP contribution is 2.24. The largest absolute Gasteiger partial charge is 0.381 e. The van der Waals surface area contributed by atoms with Gasteiger partial charge in [0, 0.05) is 6.42 Å². The van der Waals surface area contributed by atoms with Gasteiger partial charge in [0.1, 0.15) is 0 Å². The van der Waals surface area contributed by atoms with Crippen LogP contribution in [0.4, 0.5) is 0 Å². The first-order valence-electron chi connectivity index (χ1n) is 4.50. The first kappa shape index (κ1) is 8.94. The highest BCUT2D eigenvalue weighted by atomic mass is 16.7. The molecule has 3 heteroatoms. The van der Waals surface area contributed by atoms with Gasteiger partial charge in [0.05, 0.1) is 5.71 Å². The number of carbonyl (C=O) groups excluding carboxylic acids is 1. The Hall–Kier alpha value is -1.64. The molecule has 1 atom stereocenters. The number of nitrogens with zero attached hydrogens (tertiary/aromatic N) is 1. The average molecular weight is 189 g/mol. The quantitative estimate of drug-likeness (QED) is 0.665. The van der Waals surface area contributed by atoms with Crippen molar-refractivity contribution >= 4 is 12.0 Å². The molecule has 0 aromatic heterocycles. The number of hydrogen-bond acceptors (Lipinski definition) is 3. The van der Waals surface area contributed by atoms with Gasteiger partial charge in [0.15, 0.2) is 11.9 Å². The van der Waals surface area contributed by atoms with Crippen LogP contribution < -0.4 is 0 Å². The molecular weight excluding hydrogens is 178 g/mol. The summed E-state index contributed by atoms with van der Waals surface area (Å²) in [6.07, 6.45) is 1.34. The summed E-state index contributed by atoms with van der Waals surface area (Å²) in [7, 11) is 0. The second kappa shape index (κ2) is 3.25. The number of hydrogen-bond donors (Lipinski definition) is 0. The molecule has 1 aliphatic heterocycles. The molecule has 2 rings (SSSR count). The van der Waals surface area contributed by atoms with Crippen molar-refractivity contribution < 1.29 is 9.63 Å². The second-order valence-electron chi connectivity index (χ2n) is 3.60. The van der Waals surface area contributed by atoms with Gasteiger partial charge in [0.25, 0.3) is 0 Å². The first-order chi connectivity index (χ1) is 6.73. The van der Waals surface area contributed by atoms with Gasteiger partial charge < -0.3 is 4.84 Å². The summed E-state index contributed by atoms with van der Waals surface area (Å²) in [5.41, 5.74) is 1.07. The van der Waals surface area contributed by atoms with E-state index in [9.17, 15) is 4.79 Å². The molecule has 1 heterocycles. The fourth-order valence-corrected chi connectivity index (χ4v) is 1.40. The molecule has 0 fully saturated rings. The highest BCUT2D eigenvalue weighted by molar-refractivity contribution is 6.03. The molecule has 72 valence electrons. The smallest absolute Gasteiger partial charge is 0.195 e. The summed E-state index contributed by atoms with van der Waals surface area (Å²) in [6.45, 7) is 1.74. The first-order valence-corrected chi connectivity index (χ1v) is 4.50. The van der Waals surface area contributed by atoms with Crippen LogP contribution in [-0.4, -0.2) is 17.6 Å². The molecule has 0 saturated carbocycles. The Morgan fingerprint density at radius 1 is 1.43 bits per heavy atom. The third-order valence-corrected chi connectivity index (χ3v) is 2.24. The van der Waals surface area contributed by atoms with Crippen LogP contribution in [0.5, 0.6) is 0 Å². The summed E-state index contributed by atoms with van der Waals surface area (Å²) in [5, 5.41) is 3.92. The van der Waals surface area contributed by atoms with E-state index in [0.29, 0.717) is 6.42 Å². The Bertz CT molecular complexity index is 372. The van der Waals surface area contributed by atoms with Gasteiger partial charge in [-0.05, 0) is 12.5 Å². The maximum Gasteiger partial charge on any atom is 0.195 e. The zero-order valence-electron chi connectivity index (χ0n) is 7.93. The number of carbonyl (C=O) groups is 1. The van der Waals surface area contributed by atoms with Gasteiger partial charge in [-0.1, -0.05) is 35.5 Å². The minimum absolute atomic E-state index is 0.542. The van der Waals surface area contributed by atoms with E-state index in [0.717, 1.165) is 17.6 Å². The summed E-state index contributed by atoms with van der Waals surface area (Å²) in [6, 6.07) is 9.74. The van der Waals surface area contributed by atoms with Crippen molar-refractivity contribution in [2.75, 3.05) is 0 Å². The van der Waals surface area contributed by atoms with Crippen LogP contribution >= 0.6 is 0 Å². The minimum Gasteiger partial charge on any atom is -0.381 e. The molecule has 1 aliphatic rings. The van der Waals surface area contributed by atoms with Crippen LogP contribution in [0.2, 0.25) is 0 Å². The average Bonchev–Trinajstić information content (AvgIpc) is 2.63. The van der Waals surface area contributed by atoms with Gasteiger partial charge in [-0.15, -0.1) is 0 Å². The third-order valence-electron chi connectivity index (χ3n) is 2.24. The Labute approximate surface area is 82.4 Å². The fraction of sp³-hybridized carbons (Fsp3) is 0.273. The Balaban J connectivity index is 2.21. The topological polar surface area (TPSA) is 38.7 Å². The molecule has 1 aromatic rings. The van der Waals surface area contributed by atoms with Crippen LogP contribution in [-0.2, 0) is 9.63 Å². The lowest BCUT2D eigenvalue weighted by atomic mass is 9.97. The SMILES string of the molecule is C[C@@]1(C=O)CC(c2ccccc2)=NO1. The second-order valence-corrected chi connectivity index (χ2v) is 3.60. The Kier molecular flexibility index (Phi) is 2.08. The summed E-state index contributed by atoms with van der Waals surface area (Å²) >= 11 is 0. The molecule has 0 radical (unpaired) electrons. The summed E-state index contributed by atoms with van der Waals surface area (Å²) in [4.78, 5) is 15.8. The van der Waals surface area contributed by atoms with Crippen molar-refractivity contribution in [3.8, 4) is 0 Å². The molecule has 0 spiro atoms. The van der Waals surface area contributed by atoms with E-state index >= 15 is 0 Å². The molecule has 0 bridgehead atoms. The van der Waals surface area contributed by atoms with Crippen molar-refractivity contribution in [1.29, 1.82) is 0 Å². The van der Waals surface area contributed by atoms with Crippen molar-refractivity contribution in [3.63, 3.8) is 0 Å². The third kappa shape index (κ3) is 1.53. The molecule has 3 nitrogen and oxygen atoms in total. The highest BCUT2D eigenvalue weighted by Gasteiger charge is 2.34. The van der Waals surface area contributed by atoms with E-state index in [-0.39, 0.29) is 0 Å². The van der Waals surface area contributed by atoms with Crippen LogP contribution in [0.1, 0.15) is 18.9 Å². The molecule has 0 aliphatic carbocycles. The summed E-state index contributed by atoms with van der Waals surface area (Å²) < 4.78 is 0. The van der Waals surface area contributed by atoms with Gasteiger partial charge >= 0.3 is 0 Å². The lowest BCUT2D eigenvalue weighted by molar-refractivity contribution is -0.125. The fourth-order valence-electron chi connectivity index (χ4n) is 1.40. The predicted molar refractivity (Wildman–Crippen MR) is 53.2 cm³/mol. The van der Waals surface area contributed by atoms with E-state index < -0.39 is 5.60 Å². The Morgan fingerprint density at radius 2 is 2.14 bits per heavy atom. The van der Waals surface area contributed by atoms with Crippen LogP contribution in [0.25, 0.3) is 0 Å². The van der Waals surface area contributed by atoms with Crippen LogP contribution in [0.3, 0.4) is 0 Å². The monoisotopic (exact) mass is 189 g/mol.